The third-order valence-corrected chi connectivity index (χ3v) is 5.74. The topological polar surface area (TPSA) is 63.2 Å². The van der Waals surface area contributed by atoms with Crippen molar-refractivity contribution < 1.29 is 13.2 Å². The molecule has 0 aliphatic rings. The van der Waals surface area contributed by atoms with Crippen molar-refractivity contribution in [2.75, 3.05) is 0 Å². The van der Waals surface area contributed by atoms with Crippen LogP contribution < -0.4 is 5.32 Å². The number of benzene rings is 2. The highest BCUT2D eigenvalue weighted by molar-refractivity contribution is 7.92. The number of hydrogen-bond acceptors (Lipinski definition) is 3. The molecule has 2 aromatic carbocycles. The maximum absolute atomic E-state index is 12.0. The molecule has 5 heteroatoms. The van der Waals surface area contributed by atoms with Crippen LogP contribution in [0.25, 0.3) is 0 Å². The lowest BCUT2D eigenvalue weighted by Crippen LogP contribution is -2.24. The summed E-state index contributed by atoms with van der Waals surface area (Å²) < 4.78 is 24.1. The van der Waals surface area contributed by atoms with Crippen molar-refractivity contribution in [3.05, 3.63) is 65.7 Å². The number of hydrogen-bond donors (Lipinski definition) is 1. The normalized spacial score (nSPS) is 11.4. The molecule has 0 aliphatic heterocycles. The highest BCUT2D eigenvalue weighted by Crippen LogP contribution is 2.16. The van der Waals surface area contributed by atoms with Gasteiger partial charge in [0.15, 0.2) is 9.84 Å². The van der Waals surface area contributed by atoms with Gasteiger partial charge in [-0.05, 0) is 37.1 Å². The third-order valence-electron chi connectivity index (χ3n) is 3.57. The van der Waals surface area contributed by atoms with Crippen molar-refractivity contribution in [1.82, 2.24) is 5.32 Å². The van der Waals surface area contributed by atoms with Crippen LogP contribution in [0.3, 0.4) is 0 Å². The Morgan fingerprint density at radius 2 is 1.57 bits per heavy atom. The second kappa shape index (κ2) is 7.42. The van der Waals surface area contributed by atoms with Gasteiger partial charge in [-0.25, -0.2) is 8.42 Å². The fourth-order valence-corrected chi connectivity index (χ4v) is 3.17. The highest BCUT2D eigenvalue weighted by atomic mass is 32.2. The standard InChI is InChI=1S/C18H21NO3S/c1-14(2)23(21,22)17-10-8-15(9-11-17)12-18(20)19-13-16-6-4-3-5-7-16/h3-11,14H,12-13H2,1-2H3,(H,19,20). The van der Waals surface area contributed by atoms with Crippen LogP contribution >= 0.6 is 0 Å². The van der Waals surface area contributed by atoms with E-state index in [0.29, 0.717) is 11.4 Å². The first-order valence-corrected chi connectivity index (χ1v) is 9.07. The number of nitrogens with one attached hydrogen (secondary N) is 1. The van der Waals surface area contributed by atoms with Gasteiger partial charge in [0.25, 0.3) is 0 Å². The van der Waals surface area contributed by atoms with Crippen molar-refractivity contribution in [1.29, 1.82) is 0 Å². The number of carbonyl (C=O) groups excluding carboxylic acids is 1. The van der Waals surface area contributed by atoms with Crippen LogP contribution in [0.5, 0.6) is 0 Å². The van der Waals surface area contributed by atoms with E-state index < -0.39 is 15.1 Å². The smallest absolute Gasteiger partial charge is 0.224 e. The van der Waals surface area contributed by atoms with Crippen molar-refractivity contribution in [2.24, 2.45) is 0 Å². The molecular weight excluding hydrogens is 310 g/mol. The molecule has 0 unspecified atom stereocenters. The first-order chi connectivity index (χ1) is 10.9. The fourth-order valence-electron chi connectivity index (χ4n) is 2.11. The Morgan fingerprint density at radius 3 is 2.13 bits per heavy atom. The minimum atomic E-state index is -3.27. The average Bonchev–Trinajstić information content (AvgIpc) is 2.54. The number of rotatable bonds is 6. The van der Waals surface area contributed by atoms with Gasteiger partial charge in [0.2, 0.25) is 5.91 Å². The predicted molar refractivity (Wildman–Crippen MR) is 90.8 cm³/mol. The van der Waals surface area contributed by atoms with Crippen molar-refractivity contribution in [2.45, 2.75) is 37.0 Å². The SMILES string of the molecule is CC(C)S(=O)(=O)c1ccc(CC(=O)NCc2ccccc2)cc1. The molecule has 0 saturated carbocycles. The van der Waals surface area contributed by atoms with Crippen LogP contribution in [0.15, 0.2) is 59.5 Å². The van der Waals surface area contributed by atoms with Crippen LogP contribution in [-0.2, 0) is 27.6 Å². The zero-order valence-electron chi connectivity index (χ0n) is 13.3. The van der Waals surface area contributed by atoms with E-state index in [2.05, 4.69) is 5.32 Å². The van der Waals surface area contributed by atoms with Crippen molar-refractivity contribution in [3.8, 4) is 0 Å². The molecule has 1 amide bonds. The van der Waals surface area contributed by atoms with E-state index in [1.165, 1.54) is 0 Å². The Kier molecular flexibility index (Phi) is 5.55. The Hall–Kier alpha value is -2.14. The highest BCUT2D eigenvalue weighted by Gasteiger charge is 2.18. The number of amides is 1. The molecule has 0 fully saturated rings. The summed E-state index contributed by atoms with van der Waals surface area (Å²) in [6.45, 7) is 3.79. The number of sulfone groups is 1. The molecule has 0 aliphatic carbocycles. The van der Waals surface area contributed by atoms with E-state index in [1.807, 2.05) is 30.3 Å². The Morgan fingerprint density at radius 1 is 0.957 bits per heavy atom. The van der Waals surface area contributed by atoms with Gasteiger partial charge in [0.05, 0.1) is 16.6 Å². The molecule has 0 spiro atoms. The summed E-state index contributed by atoms with van der Waals surface area (Å²) in [4.78, 5) is 12.2. The lowest BCUT2D eigenvalue weighted by molar-refractivity contribution is -0.120. The molecule has 0 bridgehead atoms. The Balaban J connectivity index is 1.94. The molecule has 0 saturated heterocycles. The maximum Gasteiger partial charge on any atom is 0.224 e. The predicted octanol–water partition coefficient (Wildman–Crippen LogP) is 2.73. The lowest BCUT2D eigenvalue weighted by atomic mass is 10.1. The van der Waals surface area contributed by atoms with E-state index >= 15 is 0 Å². The monoisotopic (exact) mass is 331 g/mol. The molecule has 2 rings (SSSR count). The van der Waals surface area contributed by atoms with Crippen LogP contribution in [-0.4, -0.2) is 19.6 Å². The zero-order valence-corrected chi connectivity index (χ0v) is 14.1. The van der Waals surface area contributed by atoms with Crippen molar-refractivity contribution >= 4 is 15.7 Å². The van der Waals surface area contributed by atoms with E-state index in [4.69, 9.17) is 0 Å². The second-order valence-electron chi connectivity index (χ2n) is 5.68. The van der Waals surface area contributed by atoms with Crippen LogP contribution in [0.2, 0.25) is 0 Å². The molecule has 1 N–H and O–H groups in total. The molecule has 0 aromatic heterocycles. The Bertz CT molecular complexity index is 751. The second-order valence-corrected chi connectivity index (χ2v) is 8.18. The molecular formula is C18H21NO3S. The van der Waals surface area contributed by atoms with Crippen LogP contribution in [0.4, 0.5) is 0 Å². The zero-order chi connectivity index (χ0) is 16.9. The molecule has 0 heterocycles. The number of carbonyl (C=O) groups is 1. The van der Waals surface area contributed by atoms with Crippen LogP contribution in [0, 0.1) is 0 Å². The van der Waals surface area contributed by atoms with Gasteiger partial charge in [-0.1, -0.05) is 42.5 Å². The Labute approximate surface area is 137 Å². The minimum absolute atomic E-state index is 0.0895. The average molecular weight is 331 g/mol. The summed E-state index contributed by atoms with van der Waals surface area (Å²) in [5.74, 6) is -0.0895. The molecule has 0 radical (unpaired) electrons. The summed E-state index contributed by atoms with van der Waals surface area (Å²) >= 11 is 0. The van der Waals surface area contributed by atoms with E-state index in [1.54, 1.807) is 38.1 Å². The summed E-state index contributed by atoms with van der Waals surface area (Å²) in [7, 11) is -3.27. The first kappa shape index (κ1) is 17.2. The fraction of sp³-hybridized carbons (Fsp3) is 0.278. The van der Waals surface area contributed by atoms with E-state index in [9.17, 15) is 13.2 Å². The first-order valence-electron chi connectivity index (χ1n) is 7.53. The molecule has 4 nitrogen and oxygen atoms in total. The lowest BCUT2D eigenvalue weighted by Gasteiger charge is -2.09. The van der Waals surface area contributed by atoms with Gasteiger partial charge >= 0.3 is 0 Å². The van der Waals surface area contributed by atoms with Gasteiger partial charge in [-0.3, -0.25) is 4.79 Å². The van der Waals surface area contributed by atoms with Gasteiger partial charge in [0.1, 0.15) is 0 Å². The van der Waals surface area contributed by atoms with Crippen LogP contribution in [0.1, 0.15) is 25.0 Å². The molecule has 122 valence electrons. The third kappa shape index (κ3) is 4.66. The summed E-state index contributed by atoms with van der Waals surface area (Å²) in [6.07, 6.45) is 0.231. The van der Waals surface area contributed by atoms with Gasteiger partial charge in [-0.15, -0.1) is 0 Å². The van der Waals surface area contributed by atoms with Crippen molar-refractivity contribution in [3.63, 3.8) is 0 Å². The van der Waals surface area contributed by atoms with Gasteiger partial charge < -0.3 is 5.32 Å². The summed E-state index contributed by atoms with van der Waals surface area (Å²) in [6, 6.07) is 16.2. The molecule has 0 atom stereocenters. The van der Waals surface area contributed by atoms with Gasteiger partial charge in [-0.2, -0.15) is 0 Å². The van der Waals surface area contributed by atoms with E-state index in [-0.39, 0.29) is 12.3 Å². The maximum atomic E-state index is 12.0. The summed E-state index contributed by atoms with van der Waals surface area (Å²) in [5, 5.41) is 2.40. The van der Waals surface area contributed by atoms with Gasteiger partial charge in [0, 0.05) is 6.54 Å². The van der Waals surface area contributed by atoms with E-state index in [0.717, 1.165) is 11.1 Å². The quantitative estimate of drug-likeness (QED) is 0.885. The largest absolute Gasteiger partial charge is 0.352 e. The minimum Gasteiger partial charge on any atom is -0.352 e. The molecule has 23 heavy (non-hydrogen) atoms. The summed E-state index contributed by atoms with van der Waals surface area (Å²) in [5.41, 5.74) is 1.83. The molecule has 2 aromatic rings.